The Balaban J connectivity index is 1.56. The highest BCUT2D eigenvalue weighted by atomic mass is 16.5. The molecular weight excluding hydrogens is 342 g/mol. The molecule has 1 saturated heterocycles. The van der Waals surface area contributed by atoms with Gasteiger partial charge in [-0.2, -0.15) is 5.10 Å². The standard InChI is InChI=1S/C20H21N5O2/c26-20(17-7-3-2-6-16(17)19-21-14-22-24-19)23-18-8-4-1-5-15(18)13-25-9-11-27-12-10-25/h1-8,14H,9-13H2,(H,23,26)(H,21,22,24). The number of nitrogens with zero attached hydrogens (tertiary/aromatic N) is 3. The highest BCUT2D eigenvalue weighted by Crippen LogP contribution is 2.23. The molecule has 0 spiro atoms. The zero-order valence-electron chi connectivity index (χ0n) is 14.9. The van der Waals surface area contributed by atoms with Crippen molar-refractivity contribution < 1.29 is 9.53 Å². The first kappa shape index (κ1) is 17.4. The molecule has 0 bridgehead atoms. The highest BCUT2D eigenvalue weighted by Gasteiger charge is 2.17. The van der Waals surface area contributed by atoms with Gasteiger partial charge in [0.05, 0.1) is 18.8 Å². The zero-order valence-corrected chi connectivity index (χ0v) is 14.9. The van der Waals surface area contributed by atoms with Crippen LogP contribution in [0.4, 0.5) is 5.69 Å². The number of amides is 1. The SMILES string of the molecule is O=C(Nc1ccccc1CN1CCOCC1)c1ccccc1-c1ncn[nH]1. The number of para-hydroxylation sites is 1. The largest absolute Gasteiger partial charge is 0.379 e. The molecule has 27 heavy (non-hydrogen) atoms. The molecule has 0 unspecified atom stereocenters. The van der Waals surface area contributed by atoms with Crippen molar-refractivity contribution in [3.8, 4) is 11.4 Å². The van der Waals surface area contributed by atoms with E-state index in [1.165, 1.54) is 6.33 Å². The van der Waals surface area contributed by atoms with Gasteiger partial charge in [-0.25, -0.2) is 4.98 Å². The quantitative estimate of drug-likeness (QED) is 0.728. The number of aromatic nitrogens is 3. The van der Waals surface area contributed by atoms with Crippen molar-refractivity contribution in [2.45, 2.75) is 6.54 Å². The van der Waals surface area contributed by atoms with Gasteiger partial charge in [0.2, 0.25) is 0 Å². The summed E-state index contributed by atoms with van der Waals surface area (Å²) in [6.45, 7) is 4.08. The van der Waals surface area contributed by atoms with Gasteiger partial charge in [-0.15, -0.1) is 0 Å². The maximum Gasteiger partial charge on any atom is 0.256 e. The number of anilines is 1. The van der Waals surface area contributed by atoms with E-state index in [1.54, 1.807) is 6.07 Å². The maximum absolute atomic E-state index is 13.0. The summed E-state index contributed by atoms with van der Waals surface area (Å²) in [5.41, 5.74) is 3.18. The van der Waals surface area contributed by atoms with Crippen molar-refractivity contribution in [1.29, 1.82) is 0 Å². The Kier molecular flexibility index (Phi) is 5.22. The van der Waals surface area contributed by atoms with E-state index in [0.29, 0.717) is 11.4 Å². The van der Waals surface area contributed by atoms with E-state index < -0.39 is 0 Å². The lowest BCUT2D eigenvalue weighted by atomic mass is 10.1. The summed E-state index contributed by atoms with van der Waals surface area (Å²) >= 11 is 0. The molecular formula is C20H21N5O2. The molecule has 2 aromatic carbocycles. The third kappa shape index (κ3) is 4.05. The van der Waals surface area contributed by atoms with Gasteiger partial charge >= 0.3 is 0 Å². The Morgan fingerprint density at radius 1 is 1.11 bits per heavy atom. The van der Waals surface area contributed by atoms with Crippen LogP contribution in [0.25, 0.3) is 11.4 Å². The highest BCUT2D eigenvalue weighted by molar-refractivity contribution is 6.08. The Bertz CT molecular complexity index is 904. The Morgan fingerprint density at radius 3 is 2.70 bits per heavy atom. The smallest absolute Gasteiger partial charge is 0.256 e. The van der Waals surface area contributed by atoms with Crippen LogP contribution in [0, 0.1) is 0 Å². The molecule has 0 saturated carbocycles. The molecule has 1 fully saturated rings. The molecule has 1 aromatic heterocycles. The van der Waals surface area contributed by atoms with Gasteiger partial charge in [-0.05, 0) is 17.7 Å². The number of ether oxygens (including phenoxy) is 1. The van der Waals surface area contributed by atoms with Crippen LogP contribution in [0.15, 0.2) is 54.9 Å². The summed E-state index contributed by atoms with van der Waals surface area (Å²) in [7, 11) is 0. The molecule has 1 aliphatic rings. The van der Waals surface area contributed by atoms with E-state index in [2.05, 4.69) is 25.4 Å². The summed E-state index contributed by atoms with van der Waals surface area (Å²) in [6, 6.07) is 15.3. The van der Waals surface area contributed by atoms with Crippen LogP contribution in [-0.4, -0.2) is 52.3 Å². The fourth-order valence-electron chi connectivity index (χ4n) is 3.19. The van der Waals surface area contributed by atoms with Crippen LogP contribution < -0.4 is 5.32 Å². The Labute approximate surface area is 157 Å². The summed E-state index contributed by atoms with van der Waals surface area (Å²) in [5.74, 6) is 0.402. The number of morpholine rings is 1. The van der Waals surface area contributed by atoms with Crippen molar-refractivity contribution >= 4 is 11.6 Å². The first-order valence-electron chi connectivity index (χ1n) is 8.95. The topological polar surface area (TPSA) is 83.1 Å². The minimum Gasteiger partial charge on any atom is -0.379 e. The van der Waals surface area contributed by atoms with E-state index in [4.69, 9.17) is 4.74 Å². The second-order valence-corrected chi connectivity index (χ2v) is 6.38. The molecule has 1 amide bonds. The number of nitrogens with one attached hydrogen (secondary N) is 2. The number of hydrogen-bond acceptors (Lipinski definition) is 5. The fraction of sp³-hybridized carbons (Fsp3) is 0.250. The maximum atomic E-state index is 13.0. The van der Waals surface area contributed by atoms with E-state index in [1.807, 2.05) is 42.5 Å². The van der Waals surface area contributed by atoms with Crippen LogP contribution in [-0.2, 0) is 11.3 Å². The molecule has 7 nitrogen and oxygen atoms in total. The average Bonchev–Trinajstić information content (AvgIpc) is 3.25. The minimum atomic E-state index is -0.170. The average molecular weight is 363 g/mol. The van der Waals surface area contributed by atoms with Gasteiger partial charge < -0.3 is 10.1 Å². The number of carbonyl (C=O) groups excluding carboxylic acids is 1. The van der Waals surface area contributed by atoms with E-state index in [9.17, 15) is 4.79 Å². The molecule has 7 heteroatoms. The van der Waals surface area contributed by atoms with Gasteiger partial charge in [0.1, 0.15) is 6.33 Å². The lowest BCUT2D eigenvalue weighted by Crippen LogP contribution is -2.35. The molecule has 0 atom stereocenters. The van der Waals surface area contributed by atoms with Gasteiger partial charge in [-0.1, -0.05) is 36.4 Å². The number of carbonyl (C=O) groups is 1. The molecule has 2 heterocycles. The molecule has 3 aromatic rings. The van der Waals surface area contributed by atoms with Gasteiger partial charge in [0, 0.05) is 30.9 Å². The lowest BCUT2D eigenvalue weighted by Gasteiger charge is -2.27. The third-order valence-electron chi connectivity index (χ3n) is 4.61. The number of aromatic amines is 1. The van der Waals surface area contributed by atoms with E-state index in [-0.39, 0.29) is 5.91 Å². The van der Waals surface area contributed by atoms with E-state index >= 15 is 0 Å². The third-order valence-corrected chi connectivity index (χ3v) is 4.61. The van der Waals surface area contributed by atoms with Crippen molar-refractivity contribution in [2.24, 2.45) is 0 Å². The molecule has 0 aliphatic carbocycles. The lowest BCUT2D eigenvalue weighted by molar-refractivity contribution is 0.0342. The van der Waals surface area contributed by atoms with Crippen LogP contribution in [0.5, 0.6) is 0 Å². The summed E-state index contributed by atoms with van der Waals surface area (Å²) in [4.78, 5) is 19.5. The molecule has 0 radical (unpaired) electrons. The monoisotopic (exact) mass is 363 g/mol. The van der Waals surface area contributed by atoms with Crippen molar-refractivity contribution in [3.63, 3.8) is 0 Å². The normalized spacial score (nSPS) is 14.8. The number of benzene rings is 2. The van der Waals surface area contributed by atoms with Crippen LogP contribution >= 0.6 is 0 Å². The Morgan fingerprint density at radius 2 is 1.89 bits per heavy atom. The molecule has 138 valence electrons. The predicted octanol–water partition coefficient (Wildman–Crippen LogP) is 2.56. The summed E-state index contributed by atoms with van der Waals surface area (Å²) in [5, 5.41) is 9.76. The van der Waals surface area contributed by atoms with Gasteiger partial charge in [0.15, 0.2) is 5.82 Å². The van der Waals surface area contributed by atoms with Crippen LogP contribution in [0.1, 0.15) is 15.9 Å². The number of rotatable bonds is 5. The fourth-order valence-corrected chi connectivity index (χ4v) is 3.19. The van der Waals surface area contributed by atoms with Gasteiger partial charge in [-0.3, -0.25) is 14.8 Å². The molecule has 2 N–H and O–H groups in total. The van der Waals surface area contributed by atoms with Crippen molar-refractivity contribution in [1.82, 2.24) is 20.1 Å². The molecule has 4 rings (SSSR count). The number of hydrogen-bond donors (Lipinski definition) is 2. The van der Waals surface area contributed by atoms with Crippen molar-refractivity contribution in [3.05, 3.63) is 66.0 Å². The second-order valence-electron chi connectivity index (χ2n) is 6.38. The molecule has 1 aliphatic heterocycles. The minimum absolute atomic E-state index is 0.170. The second kappa shape index (κ2) is 8.11. The summed E-state index contributed by atoms with van der Waals surface area (Å²) in [6.07, 6.45) is 1.43. The van der Waals surface area contributed by atoms with Crippen LogP contribution in [0.3, 0.4) is 0 Å². The van der Waals surface area contributed by atoms with Crippen molar-refractivity contribution in [2.75, 3.05) is 31.6 Å². The predicted molar refractivity (Wildman–Crippen MR) is 102 cm³/mol. The first-order chi connectivity index (χ1) is 13.3. The Hall–Kier alpha value is -3.03. The van der Waals surface area contributed by atoms with Gasteiger partial charge in [0.25, 0.3) is 5.91 Å². The van der Waals surface area contributed by atoms with Crippen LogP contribution in [0.2, 0.25) is 0 Å². The summed E-state index contributed by atoms with van der Waals surface area (Å²) < 4.78 is 5.41. The first-order valence-corrected chi connectivity index (χ1v) is 8.95. The number of H-pyrrole nitrogens is 1. The van der Waals surface area contributed by atoms with E-state index in [0.717, 1.165) is 49.7 Å². The zero-order chi connectivity index (χ0) is 18.5.